The maximum Gasteiger partial charge on any atom is 0.282 e. The van der Waals surface area contributed by atoms with Gasteiger partial charge >= 0.3 is 0 Å². The van der Waals surface area contributed by atoms with Gasteiger partial charge in [-0.05, 0) is 24.5 Å². The lowest BCUT2D eigenvalue weighted by Gasteiger charge is -2.08. The number of hydrazone groups is 1. The lowest BCUT2D eigenvalue weighted by molar-refractivity contribution is -0.385. The minimum Gasteiger partial charge on any atom is -0.267 e. The predicted octanol–water partition coefficient (Wildman–Crippen LogP) is 4.31. The van der Waals surface area contributed by atoms with Gasteiger partial charge in [-0.1, -0.05) is 62.2 Å². The van der Waals surface area contributed by atoms with E-state index in [0.717, 1.165) is 37.0 Å². The average Bonchev–Trinajstić information content (AvgIpc) is 2.65. The molecule has 0 spiro atoms. The molecule has 0 aliphatic heterocycles. The van der Waals surface area contributed by atoms with E-state index < -0.39 is 10.8 Å². The van der Waals surface area contributed by atoms with Gasteiger partial charge in [-0.3, -0.25) is 14.9 Å². The monoisotopic (exact) mass is 339 g/mol. The summed E-state index contributed by atoms with van der Waals surface area (Å²) in [6.07, 6.45) is 3.86. The van der Waals surface area contributed by atoms with Crippen molar-refractivity contribution in [3.63, 3.8) is 0 Å². The molecule has 0 aliphatic carbocycles. The highest BCUT2D eigenvalue weighted by atomic mass is 16.6. The molecule has 0 unspecified atom stereocenters. The molecule has 130 valence electrons. The van der Waals surface area contributed by atoms with Crippen molar-refractivity contribution in [1.82, 2.24) is 5.43 Å². The Balaban J connectivity index is 2.20. The van der Waals surface area contributed by atoms with Gasteiger partial charge < -0.3 is 0 Å². The van der Waals surface area contributed by atoms with E-state index in [9.17, 15) is 14.9 Å². The summed E-state index contributed by atoms with van der Waals surface area (Å²) >= 11 is 0. The van der Waals surface area contributed by atoms with E-state index in [0.29, 0.717) is 0 Å². The maximum absolute atomic E-state index is 12.3. The van der Waals surface area contributed by atoms with Crippen molar-refractivity contribution in [1.29, 1.82) is 0 Å². The fourth-order valence-electron chi connectivity index (χ4n) is 2.44. The molecule has 0 fully saturated rings. The highest BCUT2D eigenvalue weighted by Gasteiger charge is 2.19. The first-order chi connectivity index (χ1) is 12.1. The fraction of sp³-hybridized carbons (Fsp3) is 0.263. The normalized spacial score (nSPS) is 11.2. The second-order valence-corrected chi connectivity index (χ2v) is 5.60. The molecule has 0 aromatic heterocycles. The van der Waals surface area contributed by atoms with Crippen LogP contribution in [0, 0.1) is 10.1 Å². The number of nitrogens with one attached hydrogen (secondary N) is 1. The first kappa shape index (κ1) is 18.3. The molecular formula is C19H21N3O3. The summed E-state index contributed by atoms with van der Waals surface area (Å²) in [6.45, 7) is 2.12. The van der Waals surface area contributed by atoms with Crippen molar-refractivity contribution in [3.8, 4) is 0 Å². The number of carbonyl (C=O) groups is 1. The van der Waals surface area contributed by atoms with Crippen LogP contribution < -0.4 is 5.43 Å². The summed E-state index contributed by atoms with van der Waals surface area (Å²) in [7, 11) is 0. The van der Waals surface area contributed by atoms with Crippen molar-refractivity contribution < 1.29 is 9.72 Å². The molecule has 2 rings (SSSR count). The van der Waals surface area contributed by atoms with Crippen LogP contribution in [0.25, 0.3) is 0 Å². The van der Waals surface area contributed by atoms with E-state index in [1.54, 1.807) is 6.07 Å². The third-order valence-electron chi connectivity index (χ3n) is 3.76. The second kappa shape index (κ2) is 9.32. The summed E-state index contributed by atoms with van der Waals surface area (Å²) in [5.41, 5.74) is 3.92. The molecule has 0 saturated carbocycles. The van der Waals surface area contributed by atoms with Gasteiger partial charge in [0, 0.05) is 6.07 Å². The third-order valence-corrected chi connectivity index (χ3v) is 3.76. The van der Waals surface area contributed by atoms with Crippen LogP contribution in [0.4, 0.5) is 5.69 Å². The summed E-state index contributed by atoms with van der Waals surface area (Å²) in [5.74, 6) is -0.587. The molecule has 0 atom stereocenters. The number of hydrogen-bond donors (Lipinski definition) is 1. The highest BCUT2D eigenvalue weighted by molar-refractivity contribution is 6.03. The summed E-state index contributed by atoms with van der Waals surface area (Å²) < 4.78 is 0. The van der Waals surface area contributed by atoms with Gasteiger partial charge in [-0.15, -0.1) is 0 Å². The van der Waals surface area contributed by atoms with E-state index in [2.05, 4.69) is 17.5 Å². The SMILES string of the molecule is CCCCCC(=NNC(=O)c1ccccc1[N+](=O)[O-])c1ccccc1. The van der Waals surface area contributed by atoms with E-state index in [1.165, 1.54) is 18.2 Å². The lowest BCUT2D eigenvalue weighted by Crippen LogP contribution is -2.21. The number of hydrogen-bond acceptors (Lipinski definition) is 4. The molecule has 0 bridgehead atoms. The molecule has 0 aliphatic rings. The highest BCUT2D eigenvalue weighted by Crippen LogP contribution is 2.17. The maximum atomic E-state index is 12.3. The largest absolute Gasteiger partial charge is 0.282 e. The molecule has 0 heterocycles. The van der Waals surface area contributed by atoms with Crippen molar-refractivity contribution >= 4 is 17.3 Å². The van der Waals surface area contributed by atoms with E-state index in [4.69, 9.17) is 0 Å². The number of nitro benzene ring substituents is 1. The average molecular weight is 339 g/mol. The number of nitro groups is 1. The van der Waals surface area contributed by atoms with Gasteiger partial charge in [0.2, 0.25) is 0 Å². The lowest BCUT2D eigenvalue weighted by atomic mass is 10.0. The summed E-state index contributed by atoms with van der Waals surface area (Å²) in [5, 5.41) is 15.3. The zero-order valence-corrected chi connectivity index (χ0v) is 14.1. The quantitative estimate of drug-likeness (QED) is 0.336. The van der Waals surface area contributed by atoms with Crippen LogP contribution in [0.5, 0.6) is 0 Å². The first-order valence-electron chi connectivity index (χ1n) is 8.29. The molecule has 1 amide bonds. The standard InChI is InChI=1S/C19H21N3O3/c1-2-3-5-13-17(15-10-6-4-7-11-15)20-21-19(23)16-12-8-9-14-18(16)22(24)25/h4,6-12,14H,2-3,5,13H2,1H3,(H,21,23). The Morgan fingerprint density at radius 2 is 1.76 bits per heavy atom. The van der Waals surface area contributed by atoms with Crippen LogP contribution >= 0.6 is 0 Å². The van der Waals surface area contributed by atoms with Crippen LogP contribution in [0.15, 0.2) is 59.7 Å². The van der Waals surface area contributed by atoms with Gasteiger partial charge in [-0.25, -0.2) is 5.43 Å². The summed E-state index contributed by atoms with van der Waals surface area (Å²) in [6, 6.07) is 15.4. The van der Waals surface area contributed by atoms with Crippen molar-refractivity contribution in [3.05, 3.63) is 75.8 Å². The molecule has 0 radical (unpaired) electrons. The van der Waals surface area contributed by atoms with Gasteiger partial charge in [0.05, 0.1) is 10.6 Å². The minimum absolute atomic E-state index is 0.00257. The van der Waals surface area contributed by atoms with Gasteiger partial charge in [-0.2, -0.15) is 5.10 Å². The molecule has 6 nitrogen and oxygen atoms in total. The smallest absolute Gasteiger partial charge is 0.267 e. The Morgan fingerprint density at radius 1 is 1.08 bits per heavy atom. The first-order valence-corrected chi connectivity index (χ1v) is 8.29. The summed E-state index contributed by atoms with van der Waals surface area (Å²) in [4.78, 5) is 22.8. The minimum atomic E-state index is -0.587. The van der Waals surface area contributed by atoms with Gasteiger partial charge in [0.15, 0.2) is 0 Å². The van der Waals surface area contributed by atoms with E-state index in [1.807, 2.05) is 30.3 Å². The molecule has 1 N–H and O–H groups in total. The molecular weight excluding hydrogens is 318 g/mol. The van der Waals surface area contributed by atoms with Crippen LogP contribution in [0.2, 0.25) is 0 Å². The van der Waals surface area contributed by atoms with Gasteiger partial charge in [0.1, 0.15) is 5.56 Å². The second-order valence-electron chi connectivity index (χ2n) is 5.60. The number of para-hydroxylation sites is 1. The zero-order valence-electron chi connectivity index (χ0n) is 14.1. The Morgan fingerprint density at radius 3 is 2.44 bits per heavy atom. The Hall–Kier alpha value is -3.02. The third kappa shape index (κ3) is 5.24. The number of nitrogens with zero attached hydrogens (tertiary/aromatic N) is 2. The fourth-order valence-corrected chi connectivity index (χ4v) is 2.44. The van der Waals surface area contributed by atoms with Crippen molar-refractivity contribution in [2.24, 2.45) is 5.10 Å². The number of benzene rings is 2. The number of carbonyl (C=O) groups excluding carboxylic acids is 1. The molecule has 25 heavy (non-hydrogen) atoms. The molecule has 6 heteroatoms. The Labute approximate surface area is 146 Å². The number of rotatable bonds is 8. The Bertz CT molecular complexity index is 758. The van der Waals surface area contributed by atoms with Gasteiger partial charge in [0.25, 0.3) is 11.6 Å². The van der Waals surface area contributed by atoms with Crippen molar-refractivity contribution in [2.45, 2.75) is 32.6 Å². The van der Waals surface area contributed by atoms with Crippen molar-refractivity contribution in [2.75, 3.05) is 0 Å². The zero-order chi connectivity index (χ0) is 18.1. The van der Waals surface area contributed by atoms with Crippen LogP contribution in [-0.4, -0.2) is 16.5 Å². The Kier molecular flexibility index (Phi) is 6.83. The molecule has 0 saturated heterocycles. The van der Waals surface area contributed by atoms with E-state index in [-0.39, 0.29) is 11.3 Å². The predicted molar refractivity (Wildman–Crippen MR) is 97.7 cm³/mol. The topological polar surface area (TPSA) is 84.6 Å². The molecule has 2 aromatic carbocycles. The number of amides is 1. The van der Waals surface area contributed by atoms with Crippen LogP contribution in [-0.2, 0) is 0 Å². The number of unbranched alkanes of at least 4 members (excludes halogenated alkanes) is 2. The van der Waals surface area contributed by atoms with Crippen LogP contribution in [0.3, 0.4) is 0 Å². The van der Waals surface area contributed by atoms with Crippen LogP contribution in [0.1, 0.15) is 48.5 Å². The molecule has 2 aromatic rings. The van der Waals surface area contributed by atoms with E-state index >= 15 is 0 Å².